The molecule has 1 aliphatic heterocycles. The first-order chi connectivity index (χ1) is 5.13. The molecule has 4 nitrogen and oxygen atoms in total. The normalized spacial score (nSPS) is 23.4. The maximum atomic E-state index is 9.00. The summed E-state index contributed by atoms with van der Waals surface area (Å²) in [4.78, 5) is 18.4. The average molecular weight is 170 g/mol. The van der Waals surface area contributed by atoms with Gasteiger partial charge in [0.2, 0.25) is 0 Å². The van der Waals surface area contributed by atoms with Crippen molar-refractivity contribution in [1.82, 2.24) is 0 Å². The molecule has 1 saturated heterocycles. The Bertz CT molecular complexity index is 107. The van der Waals surface area contributed by atoms with Gasteiger partial charge in [0, 0.05) is 6.92 Å². The van der Waals surface area contributed by atoms with Crippen LogP contribution in [0.1, 0.15) is 13.3 Å². The molecule has 5 heteroatoms. The Morgan fingerprint density at radius 1 is 1.64 bits per heavy atom. The molecule has 1 unspecified atom stereocenters. The van der Waals surface area contributed by atoms with E-state index in [1.54, 1.807) is 0 Å². The van der Waals surface area contributed by atoms with E-state index < -0.39 is 5.97 Å². The second-order valence-corrected chi connectivity index (χ2v) is 4.15. The predicted molar refractivity (Wildman–Crippen MR) is 39.3 cm³/mol. The van der Waals surface area contributed by atoms with E-state index in [4.69, 9.17) is 14.8 Å². The van der Waals surface area contributed by atoms with Crippen LogP contribution in [0.15, 0.2) is 0 Å². The van der Waals surface area contributed by atoms with Crippen LogP contribution < -0.4 is 0 Å². The van der Waals surface area contributed by atoms with Crippen molar-refractivity contribution in [3.8, 4) is 0 Å². The molecule has 0 radical (unpaired) electrons. The Kier molecular flexibility index (Phi) is 7.31. The summed E-state index contributed by atoms with van der Waals surface area (Å²) in [6, 6.07) is 0. The molecule has 0 aromatic carbocycles. The van der Waals surface area contributed by atoms with Gasteiger partial charge in [0.25, 0.3) is 5.97 Å². The van der Waals surface area contributed by atoms with Crippen LogP contribution in [0.5, 0.6) is 0 Å². The van der Waals surface area contributed by atoms with Crippen molar-refractivity contribution in [2.24, 2.45) is 0 Å². The van der Waals surface area contributed by atoms with Gasteiger partial charge in [-0.3, -0.25) is 4.79 Å². The number of carbonyl (C=O) groups is 1. The quantitative estimate of drug-likeness (QED) is 0.422. The van der Waals surface area contributed by atoms with Gasteiger partial charge in [0.1, 0.15) is 0 Å². The number of carboxylic acid groups (broad SMARTS) is 1. The average Bonchev–Trinajstić information content (AvgIpc) is 1.87. The molecule has 1 fully saturated rings. The van der Waals surface area contributed by atoms with Gasteiger partial charge in [-0.1, -0.05) is 0 Å². The van der Waals surface area contributed by atoms with E-state index in [2.05, 4.69) is 4.89 Å². The van der Waals surface area contributed by atoms with Crippen LogP contribution in [0.2, 0.25) is 3.17 Å². The van der Waals surface area contributed by atoms with E-state index >= 15 is 0 Å². The van der Waals surface area contributed by atoms with Gasteiger partial charge >= 0.3 is 60.5 Å². The summed E-state index contributed by atoms with van der Waals surface area (Å²) < 4.78 is 0.828. The maximum absolute atomic E-state index is 9.00. The number of carboxylic acids is 1. The molecule has 0 aromatic rings. The van der Waals surface area contributed by atoms with Crippen molar-refractivity contribution in [2.75, 3.05) is 13.2 Å². The second-order valence-electron chi connectivity index (χ2n) is 2.52. The topological polar surface area (TPSA) is 55.8 Å². The summed E-state index contributed by atoms with van der Waals surface area (Å²) >= 11 is 1.25. The third kappa shape index (κ3) is 10.4. The molecule has 0 amide bonds. The third-order valence-electron chi connectivity index (χ3n) is 1.13. The van der Waals surface area contributed by atoms with Gasteiger partial charge in [-0.05, 0) is 0 Å². The van der Waals surface area contributed by atoms with Crippen LogP contribution in [0.4, 0.5) is 0 Å². The molecule has 11 heavy (non-hydrogen) atoms. The fourth-order valence-electron chi connectivity index (χ4n) is 0.556. The molecular weight excluding hydrogens is 159 g/mol. The van der Waals surface area contributed by atoms with Crippen molar-refractivity contribution in [3.63, 3.8) is 0 Å². The van der Waals surface area contributed by atoms with Crippen LogP contribution in [0.25, 0.3) is 0 Å². The molecule has 0 spiro atoms. The zero-order valence-electron chi connectivity index (χ0n) is 6.87. The van der Waals surface area contributed by atoms with Crippen molar-refractivity contribution in [1.29, 1.82) is 0 Å². The summed E-state index contributed by atoms with van der Waals surface area (Å²) in [5.41, 5.74) is 0. The van der Waals surface area contributed by atoms with Gasteiger partial charge in [-0.2, -0.15) is 0 Å². The number of aliphatic carboxylic acids is 1. The van der Waals surface area contributed by atoms with Crippen molar-refractivity contribution < 1.29 is 19.7 Å². The second kappa shape index (κ2) is 7.06. The third-order valence-corrected chi connectivity index (χ3v) is 2.04. The van der Waals surface area contributed by atoms with E-state index in [9.17, 15) is 0 Å². The number of hydrogen-bond donors (Lipinski definition) is 1. The van der Waals surface area contributed by atoms with Gasteiger partial charge in [0.15, 0.2) is 0 Å². The van der Waals surface area contributed by atoms with E-state index in [0.29, 0.717) is 0 Å². The first kappa shape index (κ1) is 11.4. The molecule has 1 heterocycles. The molecule has 1 atom stereocenters. The van der Waals surface area contributed by atoms with Gasteiger partial charge < -0.3 is 5.11 Å². The van der Waals surface area contributed by atoms with Gasteiger partial charge in [0.05, 0.1) is 0 Å². The zero-order chi connectivity index (χ0) is 8.69. The van der Waals surface area contributed by atoms with Crippen molar-refractivity contribution in [3.05, 3.63) is 0 Å². The first-order valence-electron chi connectivity index (χ1n) is 3.57. The Morgan fingerprint density at radius 2 is 2.18 bits per heavy atom. The molecule has 0 saturated carbocycles. The Balaban J connectivity index is 0.000000218. The summed E-state index contributed by atoms with van der Waals surface area (Å²) in [6.45, 7) is 2.71. The summed E-state index contributed by atoms with van der Waals surface area (Å²) in [6.07, 6.45) is 1.20. The van der Waals surface area contributed by atoms with E-state index in [1.165, 1.54) is 34.4 Å². The Morgan fingerprint density at radius 3 is 2.36 bits per heavy atom. The summed E-state index contributed by atoms with van der Waals surface area (Å²) in [5, 5.41) is 7.42. The molecule has 1 rings (SSSR count). The van der Waals surface area contributed by atoms with Crippen molar-refractivity contribution >= 4 is 33.9 Å². The molecular formula is C6H11NaO4. The molecule has 0 bridgehead atoms. The SMILES string of the molecule is CC(=O)O.[Na][CH]1CCOOC1. The number of hydrogen-bond acceptors (Lipinski definition) is 3. The first-order valence-corrected chi connectivity index (χ1v) is 4.72. The summed E-state index contributed by atoms with van der Waals surface area (Å²) in [7, 11) is 0. The zero-order valence-corrected chi connectivity index (χ0v) is 8.87. The predicted octanol–water partition coefficient (Wildman–Crippen LogP) is 0.386. The fourth-order valence-corrected chi connectivity index (χ4v) is 0.928. The van der Waals surface area contributed by atoms with E-state index in [0.717, 1.165) is 23.3 Å². The monoisotopic (exact) mass is 170 g/mol. The standard InChI is InChI=1S/C4H7O2.C2H4O2.Na/c1-2-4-6-5-3-1;1-2(3)4;/h1H,2-4H2;1H3,(H,3,4);. The van der Waals surface area contributed by atoms with Crippen LogP contribution in [-0.2, 0) is 14.6 Å². The summed E-state index contributed by atoms with van der Waals surface area (Å²) in [5.74, 6) is -0.833. The molecule has 0 aromatic heterocycles. The molecule has 1 N–H and O–H groups in total. The minimum absolute atomic E-state index is 0.800. The van der Waals surface area contributed by atoms with Crippen LogP contribution in [0.3, 0.4) is 0 Å². The van der Waals surface area contributed by atoms with Crippen LogP contribution in [-0.4, -0.2) is 52.2 Å². The number of rotatable bonds is 0. The van der Waals surface area contributed by atoms with E-state index in [1.807, 2.05) is 0 Å². The molecule has 0 aliphatic carbocycles. The van der Waals surface area contributed by atoms with Crippen LogP contribution >= 0.6 is 0 Å². The molecule has 1 aliphatic rings. The Hall–Kier alpha value is 0.390. The fraction of sp³-hybridized carbons (Fsp3) is 0.833. The van der Waals surface area contributed by atoms with Crippen molar-refractivity contribution in [2.45, 2.75) is 16.5 Å². The van der Waals surface area contributed by atoms with Gasteiger partial charge in [-0.15, -0.1) is 0 Å². The molecule has 60 valence electrons. The van der Waals surface area contributed by atoms with E-state index in [-0.39, 0.29) is 0 Å². The Labute approximate surface area is 83.2 Å². The minimum atomic E-state index is -0.833. The van der Waals surface area contributed by atoms with Gasteiger partial charge in [-0.25, -0.2) is 0 Å². The van der Waals surface area contributed by atoms with Crippen LogP contribution in [0, 0.1) is 0 Å².